The number of nitrogens with one attached hydrogen (secondary N) is 3. The van der Waals surface area contributed by atoms with Crippen LogP contribution in [0.4, 0.5) is 11.8 Å². The smallest absolute Gasteiger partial charge is 0.257 e. The van der Waals surface area contributed by atoms with Gasteiger partial charge in [-0.2, -0.15) is 4.98 Å². The van der Waals surface area contributed by atoms with Gasteiger partial charge in [-0.1, -0.05) is 0 Å². The monoisotopic (exact) mass is 365 g/mol. The molecule has 3 rings (SSSR count). The van der Waals surface area contributed by atoms with E-state index in [1.807, 2.05) is 13.0 Å². The number of nitrogens with zero attached hydrogens (tertiary/aromatic N) is 4. The maximum absolute atomic E-state index is 12.0. The van der Waals surface area contributed by atoms with Crippen molar-refractivity contribution in [1.29, 1.82) is 0 Å². The van der Waals surface area contributed by atoms with E-state index in [-0.39, 0.29) is 11.6 Å². The van der Waals surface area contributed by atoms with Crippen molar-refractivity contribution in [2.24, 2.45) is 0 Å². The minimum Gasteiger partial charge on any atom is -0.356 e. The molecule has 2 aromatic rings. The van der Waals surface area contributed by atoms with Crippen molar-refractivity contribution in [1.82, 2.24) is 24.7 Å². The molecule has 2 aromatic heterocycles. The molecule has 0 unspecified atom stereocenters. The lowest BCUT2D eigenvalue weighted by molar-refractivity contribution is 0.573. The Morgan fingerprint density at radius 1 is 1.20 bits per heavy atom. The molecule has 0 saturated carbocycles. The number of hydrogen-bond acceptors (Lipinski definition) is 7. The maximum Gasteiger partial charge on any atom is 0.257 e. The summed E-state index contributed by atoms with van der Waals surface area (Å²) in [6.45, 7) is 4.56. The number of aromatic amines is 1. The fourth-order valence-electron chi connectivity index (χ4n) is 2.74. The van der Waals surface area contributed by atoms with E-state index >= 15 is 0 Å². The molecule has 0 spiro atoms. The molecular weight excluding hydrogens is 342 g/mol. The van der Waals surface area contributed by atoms with E-state index in [1.54, 1.807) is 0 Å². The first-order valence-electron chi connectivity index (χ1n) is 8.37. The lowest BCUT2D eigenvalue weighted by Crippen LogP contribution is -2.31. The van der Waals surface area contributed by atoms with Crippen LogP contribution in [-0.2, 0) is 10.0 Å². The summed E-state index contributed by atoms with van der Waals surface area (Å²) in [6, 6.07) is 1.98. The Morgan fingerprint density at radius 2 is 2.00 bits per heavy atom. The summed E-state index contributed by atoms with van der Waals surface area (Å²) < 4.78 is 26.4. The van der Waals surface area contributed by atoms with Gasteiger partial charge < -0.3 is 15.2 Å². The molecule has 1 fully saturated rings. The third kappa shape index (κ3) is 4.67. The van der Waals surface area contributed by atoms with E-state index in [9.17, 15) is 8.42 Å². The van der Waals surface area contributed by atoms with Gasteiger partial charge in [-0.25, -0.2) is 23.1 Å². The van der Waals surface area contributed by atoms with E-state index in [4.69, 9.17) is 0 Å². The van der Waals surface area contributed by atoms with Gasteiger partial charge in [0.2, 0.25) is 5.95 Å². The van der Waals surface area contributed by atoms with E-state index in [0.29, 0.717) is 12.5 Å². The Morgan fingerprint density at radius 3 is 2.72 bits per heavy atom. The van der Waals surface area contributed by atoms with Gasteiger partial charge >= 0.3 is 0 Å². The maximum atomic E-state index is 12.0. The number of aromatic nitrogens is 4. The van der Waals surface area contributed by atoms with Crippen LogP contribution in [0.3, 0.4) is 0 Å². The van der Waals surface area contributed by atoms with Gasteiger partial charge in [0.25, 0.3) is 10.0 Å². The van der Waals surface area contributed by atoms with Crippen LogP contribution >= 0.6 is 0 Å². The summed E-state index contributed by atoms with van der Waals surface area (Å²) in [4.78, 5) is 17.5. The minimum atomic E-state index is -3.56. The Hall–Kier alpha value is -2.20. The van der Waals surface area contributed by atoms with Gasteiger partial charge in [0.15, 0.2) is 5.03 Å². The summed E-state index contributed by atoms with van der Waals surface area (Å²) in [5, 5.41) is 3.13. The van der Waals surface area contributed by atoms with Crippen LogP contribution in [0, 0.1) is 6.92 Å². The number of hydrogen-bond donors (Lipinski definition) is 3. The molecule has 0 bridgehead atoms. The van der Waals surface area contributed by atoms with E-state index in [0.717, 1.165) is 24.6 Å². The normalized spacial score (nSPS) is 15.3. The van der Waals surface area contributed by atoms with Gasteiger partial charge in [0.1, 0.15) is 5.82 Å². The lowest BCUT2D eigenvalue weighted by atomic mass is 10.1. The molecule has 25 heavy (non-hydrogen) atoms. The molecule has 3 heterocycles. The predicted octanol–water partition coefficient (Wildman–Crippen LogP) is 0.889. The fourth-order valence-corrected chi connectivity index (χ4v) is 3.68. The molecule has 9 nitrogen and oxygen atoms in total. The Balaban J connectivity index is 1.55. The number of piperidine rings is 1. The molecule has 1 aliphatic heterocycles. The number of imidazole rings is 1. The average molecular weight is 365 g/mol. The Labute approximate surface area is 147 Å². The highest BCUT2D eigenvalue weighted by molar-refractivity contribution is 7.89. The van der Waals surface area contributed by atoms with Crippen LogP contribution in [0.15, 0.2) is 23.6 Å². The summed E-state index contributed by atoms with van der Waals surface area (Å²) in [5.74, 6) is 1.44. The fraction of sp³-hybridized carbons (Fsp3) is 0.533. The second kappa shape index (κ2) is 7.79. The summed E-state index contributed by atoms with van der Waals surface area (Å²) >= 11 is 0. The highest BCUT2D eigenvalue weighted by Gasteiger charge is 2.15. The number of aryl methyl sites for hydroxylation is 1. The highest BCUT2D eigenvalue weighted by atomic mass is 32.2. The minimum absolute atomic E-state index is 0.0479. The summed E-state index contributed by atoms with van der Waals surface area (Å²) in [7, 11) is -3.56. The van der Waals surface area contributed by atoms with Gasteiger partial charge in [-0.15, -0.1) is 0 Å². The second-order valence-corrected chi connectivity index (χ2v) is 7.71. The van der Waals surface area contributed by atoms with Crippen molar-refractivity contribution in [3.05, 3.63) is 24.3 Å². The molecular formula is C15H23N7O2S. The number of H-pyrrole nitrogens is 1. The molecule has 3 N–H and O–H groups in total. The van der Waals surface area contributed by atoms with Crippen molar-refractivity contribution < 1.29 is 8.42 Å². The van der Waals surface area contributed by atoms with Crippen LogP contribution in [0.25, 0.3) is 0 Å². The molecule has 0 aliphatic carbocycles. The van der Waals surface area contributed by atoms with Crippen LogP contribution in [0.5, 0.6) is 0 Å². The van der Waals surface area contributed by atoms with E-state index in [2.05, 4.69) is 34.9 Å². The third-order valence-electron chi connectivity index (χ3n) is 3.98. The second-order valence-electron chi connectivity index (χ2n) is 5.98. The number of sulfonamides is 1. The van der Waals surface area contributed by atoms with Crippen molar-refractivity contribution in [3.8, 4) is 0 Å². The SMILES string of the molecule is Cc1cc(N2CCCCC2)nc(NCCNS(=O)(=O)c2cnc[nH]2)n1. The molecule has 136 valence electrons. The third-order valence-corrected chi connectivity index (χ3v) is 5.37. The van der Waals surface area contributed by atoms with E-state index < -0.39 is 10.0 Å². The first kappa shape index (κ1) is 17.6. The molecule has 0 radical (unpaired) electrons. The van der Waals surface area contributed by atoms with Crippen LogP contribution in [-0.4, -0.2) is 54.5 Å². The summed E-state index contributed by atoms with van der Waals surface area (Å²) in [6.07, 6.45) is 6.23. The van der Waals surface area contributed by atoms with Gasteiger partial charge in [0.05, 0.1) is 12.5 Å². The summed E-state index contributed by atoms with van der Waals surface area (Å²) in [5.41, 5.74) is 0.885. The average Bonchev–Trinajstić information content (AvgIpc) is 3.15. The Bertz CT molecular complexity index is 786. The highest BCUT2D eigenvalue weighted by Crippen LogP contribution is 2.19. The zero-order valence-corrected chi connectivity index (χ0v) is 15.0. The molecule has 0 atom stereocenters. The largest absolute Gasteiger partial charge is 0.356 e. The number of rotatable bonds is 7. The van der Waals surface area contributed by atoms with Crippen molar-refractivity contribution in [2.75, 3.05) is 36.4 Å². The van der Waals surface area contributed by atoms with Crippen LogP contribution in [0.2, 0.25) is 0 Å². The van der Waals surface area contributed by atoms with Gasteiger partial charge in [-0.3, -0.25) is 0 Å². The lowest BCUT2D eigenvalue weighted by Gasteiger charge is -2.28. The van der Waals surface area contributed by atoms with Crippen LogP contribution < -0.4 is 14.9 Å². The molecule has 0 aromatic carbocycles. The predicted molar refractivity (Wildman–Crippen MR) is 95.1 cm³/mol. The van der Waals surface area contributed by atoms with Crippen LogP contribution in [0.1, 0.15) is 25.0 Å². The van der Waals surface area contributed by atoms with E-state index in [1.165, 1.54) is 31.8 Å². The van der Waals surface area contributed by atoms with Crippen molar-refractivity contribution >= 4 is 21.8 Å². The molecule has 0 amide bonds. The topological polar surface area (TPSA) is 116 Å². The standard InChI is InChI=1S/C15H23N7O2S/c1-12-9-13(22-7-3-2-4-8-22)21-15(20-12)17-5-6-19-25(23,24)14-10-16-11-18-14/h9-11,19H,2-8H2,1H3,(H,16,18)(H,17,20,21). The first-order chi connectivity index (χ1) is 12.0. The quantitative estimate of drug-likeness (QED) is 0.624. The number of anilines is 2. The molecule has 1 saturated heterocycles. The van der Waals surface area contributed by atoms with Crippen molar-refractivity contribution in [3.63, 3.8) is 0 Å². The first-order valence-corrected chi connectivity index (χ1v) is 9.85. The Kier molecular flexibility index (Phi) is 5.49. The molecule has 1 aliphatic rings. The zero-order valence-electron chi connectivity index (χ0n) is 14.2. The van der Waals surface area contributed by atoms with Gasteiger partial charge in [0, 0.05) is 37.9 Å². The zero-order chi connectivity index (χ0) is 17.7. The van der Waals surface area contributed by atoms with Gasteiger partial charge in [-0.05, 0) is 26.2 Å². The van der Waals surface area contributed by atoms with Crippen molar-refractivity contribution in [2.45, 2.75) is 31.2 Å². The molecule has 10 heteroatoms.